The molecule has 5 nitrogen and oxygen atoms in total. The van der Waals surface area contributed by atoms with E-state index in [9.17, 15) is 4.39 Å². The van der Waals surface area contributed by atoms with Crippen molar-refractivity contribution in [3.05, 3.63) is 30.3 Å². The van der Waals surface area contributed by atoms with Gasteiger partial charge in [0.1, 0.15) is 0 Å². The summed E-state index contributed by atoms with van der Waals surface area (Å²) in [4.78, 5) is 0. The summed E-state index contributed by atoms with van der Waals surface area (Å²) < 4.78 is 26.3. The van der Waals surface area contributed by atoms with Gasteiger partial charge in [0.25, 0.3) is 0 Å². The molecule has 0 saturated carbocycles. The van der Waals surface area contributed by atoms with Crippen molar-refractivity contribution >= 4 is 5.69 Å². The quantitative estimate of drug-likeness (QED) is 0.825. The Kier molecular flexibility index (Phi) is 4.45. The lowest BCUT2D eigenvalue weighted by Crippen LogP contribution is -2.00. The first kappa shape index (κ1) is 14.2. The smallest absolute Gasteiger partial charge is 0.167 e. The van der Waals surface area contributed by atoms with Gasteiger partial charge in [-0.3, -0.25) is 4.68 Å². The number of nitrogens with two attached hydrogens (primary N) is 1. The molecule has 1 aromatic heterocycles. The standard InChI is InChI=1S/C14H18FN3O2/c1-3-5-19-13-7-14(12(16)6-11(13)15)20-10-8-17-18(4-2)9-10/h6-9H,3-5,16H2,1-2H3. The molecule has 6 heteroatoms. The van der Waals surface area contributed by atoms with Gasteiger partial charge in [0.2, 0.25) is 0 Å². The molecule has 0 aliphatic heterocycles. The Labute approximate surface area is 117 Å². The molecule has 2 N–H and O–H groups in total. The van der Waals surface area contributed by atoms with Gasteiger partial charge in [-0.2, -0.15) is 5.10 Å². The molecular weight excluding hydrogens is 261 g/mol. The van der Waals surface area contributed by atoms with Gasteiger partial charge in [-0.05, 0) is 13.3 Å². The van der Waals surface area contributed by atoms with Gasteiger partial charge in [0.15, 0.2) is 23.1 Å². The predicted molar refractivity (Wildman–Crippen MR) is 74.6 cm³/mol. The summed E-state index contributed by atoms with van der Waals surface area (Å²) in [5.74, 6) is 0.547. The molecule has 0 unspecified atom stereocenters. The number of aryl methyl sites for hydroxylation is 1. The molecule has 2 aromatic rings. The van der Waals surface area contributed by atoms with Gasteiger partial charge in [-0.1, -0.05) is 6.92 Å². The van der Waals surface area contributed by atoms with Crippen molar-refractivity contribution in [3.8, 4) is 17.2 Å². The van der Waals surface area contributed by atoms with Crippen LogP contribution in [0.3, 0.4) is 0 Å². The largest absolute Gasteiger partial charge is 0.490 e. The van der Waals surface area contributed by atoms with Gasteiger partial charge in [-0.15, -0.1) is 0 Å². The average molecular weight is 279 g/mol. The molecule has 1 aromatic carbocycles. The van der Waals surface area contributed by atoms with Crippen LogP contribution >= 0.6 is 0 Å². The van der Waals surface area contributed by atoms with Crippen molar-refractivity contribution in [3.63, 3.8) is 0 Å². The lowest BCUT2D eigenvalue weighted by Gasteiger charge is -2.11. The molecule has 0 atom stereocenters. The van der Waals surface area contributed by atoms with Crippen LogP contribution in [0.5, 0.6) is 17.2 Å². The molecule has 2 rings (SSSR count). The Morgan fingerprint density at radius 3 is 2.75 bits per heavy atom. The van der Waals surface area contributed by atoms with Crippen LogP contribution in [-0.4, -0.2) is 16.4 Å². The number of nitrogens with zero attached hydrogens (tertiary/aromatic N) is 2. The Balaban J connectivity index is 2.21. The number of nitrogen functional groups attached to an aromatic ring is 1. The van der Waals surface area contributed by atoms with E-state index in [2.05, 4.69) is 5.10 Å². The third-order valence-corrected chi connectivity index (χ3v) is 2.69. The summed E-state index contributed by atoms with van der Waals surface area (Å²) in [6, 6.07) is 2.66. The van der Waals surface area contributed by atoms with Crippen molar-refractivity contribution in [1.82, 2.24) is 9.78 Å². The molecule has 0 aliphatic carbocycles. The fourth-order valence-electron chi connectivity index (χ4n) is 1.66. The molecule has 0 amide bonds. The minimum absolute atomic E-state index is 0.138. The second kappa shape index (κ2) is 6.27. The Morgan fingerprint density at radius 1 is 1.30 bits per heavy atom. The maximum atomic E-state index is 13.7. The normalized spacial score (nSPS) is 10.6. The SMILES string of the molecule is CCCOc1cc(Oc2cnn(CC)c2)c(N)cc1F. The van der Waals surface area contributed by atoms with E-state index in [1.54, 1.807) is 17.1 Å². The van der Waals surface area contributed by atoms with Crippen LogP contribution in [0, 0.1) is 5.82 Å². The highest BCUT2D eigenvalue weighted by atomic mass is 19.1. The summed E-state index contributed by atoms with van der Waals surface area (Å²) in [6.45, 7) is 5.10. The van der Waals surface area contributed by atoms with E-state index in [0.717, 1.165) is 13.0 Å². The number of hydrogen-bond donors (Lipinski definition) is 1. The molecule has 0 radical (unpaired) electrons. The van der Waals surface area contributed by atoms with E-state index in [0.29, 0.717) is 18.1 Å². The first-order chi connectivity index (χ1) is 9.63. The maximum Gasteiger partial charge on any atom is 0.167 e. The number of halogens is 1. The highest BCUT2D eigenvalue weighted by molar-refractivity contribution is 5.57. The lowest BCUT2D eigenvalue weighted by atomic mass is 10.2. The molecule has 0 spiro atoms. The van der Waals surface area contributed by atoms with Crippen LogP contribution in [-0.2, 0) is 6.54 Å². The van der Waals surface area contributed by atoms with Crippen LogP contribution in [0.4, 0.5) is 10.1 Å². The summed E-state index contributed by atoms with van der Waals surface area (Å²) in [6.07, 6.45) is 4.12. The van der Waals surface area contributed by atoms with Crippen LogP contribution in [0.2, 0.25) is 0 Å². The fourth-order valence-corrected chi connectivity index (χ4v) is 1.66. The maximum absolute atomic E-state index is 13.7. The minimum atomic E-state index is -0.493. The molecule has 1 heterocycles. The average Bonchev–Trinajstić information content (AvgIpc) is 2.88. The van der Waals surface area contributed by atoms with Gasteiger partial charge >= 0.3 is 0 Å². The van der Waals surface area contributed by atoms with Crippen molar-refractivity contribution in [1.29, 1.82) is 0 Å². The van der Waals surface area contributed by atoms with E-state index in [1.807, 2.05) is 13.8 Å². The highest BCUT2D eigenvalue weighted by Gasteiger charge is 2.11. The molecule has 108 valence electrons. The number of ether oxygens (including phenoxy) is 2. The zero-order chi connectivity index (χ0) is 14.5. The Hall–Kier alpha value is -2.24. The molecule has 0 fully saturated rings. The lowest BCUT2D eigenvalue weighted by molar-refractivity contribution is 0.299. The van der Waals surface area contributed by atoms with Crippen molar-refractivity contribution < 1.29 is 13.9 Å². The zero-order valence-corrected chi connectivity index (χ0v) is 11.6. The van der Waals surface area contributed by atoms with E-state index in [4.69, 9.17) is 15.2 Å². The second-order valence-electron chi connectivity index (χ2n) is 4.30. The molecule has 0 aliphatic rings. The summed E-state index contributed by atoms with van der Waals surface area (Å²) >= 11 is 0. The van der Waals surface area contributed by atoms with E-state index < -0.39 is 5.82 Å². The van der Waals surface area contributed by atoms with Gasteiger partial charge in [0.05, 0.1) is 24.7 Å². The number of benzene rings is 1. The fraction of sp³-hybridized carbons (Fsp3) is 0.357. The molecule has 20 heavy (non-hydrogen) atoms. The number of rotatable bonds is 6. The molecule has 0 bridgehead atoms. The zero-order valence-electron chi connectivity index (χ0n) is 11.6. The van der Waals surface area contributed by atoms with Crippen molar-refractivity contribution in [2.24, 2.45) is 0 Å². The van der Waals surface area contributed by atoms with Crippen LogP contribution in [0.15, 0.2) is 24.5 Å². The summed E-state index contributed by atoms with van der Waals surface area (Å²) in [7, 11) is 0. The van der Waals surface area contributed by atoms with Crippen LogP contribution < -0.4 is 15.2 Å². The van der Waals surface area contributed by atoms with E-state index in [-0.39, 0.29) is 11.4 Å². The van der Waals surface area contributed by atoms with Crippen molar-refractivity contribution in [2.45, 2.75) is 26.8 Å². The Morgan fingerprint density at radius 2 is 2.10 bits per heavy atom. The minimum Gasteiger partial charge on any atom is -0.490 e. The summed E-state index contributed by atoms with van der Waals surface area (Å²) in [5, 5.41) is 4.10. The first-order valence-electron chi connectivity index (χ1n) is 6.56. The Bertz CT molecular complexity index is 584. The molecular formula is C14H18FN3O2. The first-order valence-corrected chi connectivity index (χ1v) is 6.56. The highest BCUT2D eigenvalue weighted by Crippen LogP contribution is 2.33. The van der Waals surface area contributed by atoms with Gasteiger partial charge in [0, 0.05) is 18.7 Å². The second-order valence-corrected chi connectivity index (χ2v) is 4.30. The van der Waals surface area contributed by atoms with Gasteiger partial charge in [-0.25, -0.2) is 4.39 Å². The number of anilines is 1. The number of hydrogen-bond acceptors (Lipinski definition) is 4. The van der Waals surface area contributed by atoms with Crippen LogP contribution in [0.1, 0.15) is 20.3 Å². The van der Waals surface area contributed by atoms with E-state index >= 15 is 0 Å². The summed E-state index contributed by atoms with van der Waals surface area (Å²) in [5.41, 5.74) is 5.98. The topological polar surface area (TPSA) is 62.3 Å². The third-order valence-electron chi connectivity index (χ3n) is 2.69. The molecule has 0 saturated heterocycles. The van der Waals surface area contributed by atoms with Crippen molar-refractivity contribution in [2.75, 3.05) is 12.3 Å². The predicted octanol–water partition coefficient (Wildman–Crippen LogP) is 3.21. The number of aromatic nitrogens is 2. The van der Waals surface area contributed by atoms with Gasteiger partial charge < -0.3 is 15.2 Å². The monoisotopic (exact) mass is 279 g/mol. The van der Waals surface area contributed by atoms with E-state index in [1.165, 1.54) is 12.1 Å². The third kappa shape index (κ3) is 3.20. The van der Waals surface area contributed by atoms with Crippen LogP contribution in [0.25, 0.3) is 0 Å².